The highest BCUT2D eigenvalue weighted by Crippen LogP contribution is 2.42. The lowest BCUT2D eigenvalue weighted by atomic mass is 10.1. The van der Waals surface area contributed by atoms with Gasteiger partial charge in [0.05, 0.1) is 5.25 Å². The molecule has 170 valence electrons. The largest absolute Gasteiger partial charge is 0.321 e. The van der Waals surface area contributed by atoms with Crippen molar-refractivity contribution in [2.24, 2.45) is 0 Å². The summed E-state index contributed by atoms with van der Waals surface area (Å²) >= 11 is 10.6. The number of aryl methyl sites for hydroxylation is 1. The molecule has 0 saturated carbocycles. The lowest BCUT2D eigenvalue weighted by molar-refractivity contribution is -0.117. The molecule has 0 spiro atoms. The fourth-order valence-electron chi connectivity index (χ4n) is 3.59. The summed E-state index contributed by atoms with van der Waals surface area (Å²) in [6.45, 7) is 2.00. The molecule has 1 saturated heterocycles. The molecule has 1 heterocycles. The van der Waals surface area contributed by atoms with E-state index in [1.54, 1.807) is 36.4 Å². The van der Waals surface area contributed by atoms with Gasteiger partial charge in [-0.15, -0.1) is 0 Å². The first-order chi connectivity index (χ1) is 16.4. The van der Waals surface area contributed by atoms with Gasteiger partial charge in [-0.2, -0.15) is 5.26 Å². The SMILES string of the molecule is Cc1cccc(C[C@H]2S/C(=C(/C#N)C(=O)Nc3ccc(Cl)cc3)N(c3ccc(Br)cc3)C2=O)c1. The Morgan fingerprint density at radius 2 is 1.85 bits per heavy atom. The standard InChI is InChI=1S/C26H19BrClN3O2S/c1-16-3-2-4-17(13-16)14-23-25(33)31(21-11-5-18(27)6-12-21)26(34-23)22(15-29)24(32)30-20-9-7-19(28)8-10-20/h2-13,23H,14H2,1H3,(H,30,32)/b26-22-/t23-/m1/s1. The zero-order valence-electron chi connectivity index (χ0n) is 18.1. The lowest BCUT2D eigenvalue weighted by Crippen LogP contribution is -2.30. The van der Waals surface area contributed by atoms with E-state index in [1.165, 1.54) is 16.7 Å². The van der Waals surface area contributed by atoms with Crippen LogP contribution in [-0.4, -0.2) is 17.1 Å². The van der Waals surface area contributed by atoms with E-state index >= 15 is 0 Å². The van der Waals surface area contributed by atoms with Crippen molar-refractivity contribution in [1.82, 2.24) is 0 Å². The second kappa shape index (κ2) is 10.5. The molecule has 0 radical (unpaired) electrons. The molecular weight excluding hydrogens is 534 g/mol. The maximum atomic E-state index is 13.5. The molecule has 1 N–H and O–H groups in total. The van der Waals surface area contributed by atoms with Gasteiger partial charge in [-0.25, -0.2) is 0 Å². The number of nitriles is 1. The number of anilines is 2. The highest BCUT2D eigenvalue weighted by atomic mass is 79.9. The summed E-state index contributed by atoms with van der Waals surface area (Å²) in [5.74, 6) is -0.755. The first-order valence-corrected chi connectivity index (χ1v) is 12.4. The Morgan fingerprint density at radius 1 is 1.15 bits per heavy atom. The monoisotopic (exact) mass is 551 g/mol. The van der Waals surface area contributed by atoms with Gasteiger partial charge in [0.25, 0.3) is 5.91 Å². The molecule has 0 bridgehead atoms. The fourth-order valence-corrected chi connectivity index (χ4v) is 5.29. The number of thioether (sulfide) groups is 1. The van der Waals surface area contributed by atoms with Crippen LogP contribution in [0.25, 0.3) is 0 Å². The van der Waals surface area contributed by atoms with Crippen LogP contribution in [0, 0.1) is 18.3 Å². The van der Waals surface area contributed by atoms with Crippen LogP contribution in [0.5, 0.6) is 0 Å². The van der Waals surface area contributed by atoms with Gasteiger partial charge in [0.2, 0.25) is 5.91 Å². The quantitative estimate of drug-likeness (QED) is 0.291. The molecule has 0 aromatic heterocycles. The number of nitrogens with zero attached hydrogens (tertiary/aromatic N) is 2. The molecule has 0 aliphatic carbocycles. The van der Waals surface area contributed by atoms with Crippen molar-refractivity contribution in [3.8, 4) is 6.07 Å². The predicted molar refractivity (Wildman–Crippen MR) is 141 cm³/mol. The third-order valence-electron chi connectivity index (χ3n) is 5.20. The van der Waals surface area contributed by atoms with Crippen LogP contribution in [0.3, 0.4) is 0 Å². The first kappa shape index (κ1) is 24.1. The Kier molecular flexibility index (Phi) is 7.42. The van der Waals surface area contributed by atoms with Gasteiger partial charge >= 0.3 is 0 Å². The molecule has 1 aliphatic rings. The van der Waals surface area contributed by atoms with E-state index in [-0.39, 0.29) is 11.5 Å². The van der Waals surface area contributed by atoms with E-state index in [0.717, 1.165) is 15.6 Å². The van der Waals surface area contributed by atoms with Crippen LogP contribution < -0.4 is 10.2 Å². The smallest absolute Gasteiger partial charge is 0.269 e. The van der Waals surface area contributed by atoms with Crippen LogP contribution in [-0.2, 0) is 16.0 Å². The van der Waals surface area contributed by atoms with Crippen LogP contribution in [0.4, 0.5) is 11.4 Å². The molecule has 34 heavy (non-hydrogen) atoms. The van der Waals surface area contributed by atoms with Crippen LogP contribution >= 0.6 is 39.3 Å². The van der Waals surface area contributed by atoms with E-state index in [1.807, 2.05) is 49.4 Å². The summed E-state index contributed by atoms with van der Waals surface area (Å²) in [6.07, 6.45) is 0.485. The van der Waals surface area contributed by atoms with Gasteiger partial charge in [-0.3, -0.25) is 14.5 Å². The van der Waals surface area contributed by atoms with Gasteiger partial charge in [0.15, 0.2) is 0 Å². The first-order valence-electron chi connectivity index (χ1n) is 10.4. The molecule has 4 rings (SSSR count). The normalized spacial score (nSPS) is 16.8. The molecular formula is C26H19BrClN3O2S. The number of hydrogen-bond acceptors (Lipinski definition) is 4. The van der Waals surface area contributed by atoms with E-state index < -0.39 is 11.2 Å². The Morgan fingerprint density at radius 3 is 2.50 bits per heavy atom. The lowest BCUT2D eigenvalue weighted by Gasteiger charge is -2.19. The van der Waals surface area contributed by atoms with E-state index in [0.29, 0.717) is 27.8 Å². The molecule has 1 aliphatic heterocycles. The number of benzene rings is 3. The zero-order chi connectivity index (χ0) is 24.2. The molecule has 3 aromatic carbocycles. The Hall–Kier alpha value is -3.05. The van der Waals surface area contributed by atoms with Gasteiger partial charge in [-0.05, 0) is 67.4 Å². The molecule has 8 heteroatoms. The zero-order valence-corrected chi connectivity index (χ0v) is 21.2. The molecule has 0 unspecified atom stereocenters. The number of nitrogens with one attached hydrogen (secondary N) is 1. The van der Waals surface area contributed by atoms with Crippen molar-refractivity contribution in [2.75, 3.05) is 10.2 Å². The van der Waals surface area contributed by atoms with E-state index in [9.17, 15) is 14.9 Å². The fraction of sp³-hybridized carbons (Fsp3) is 0.115. The molecule has 1 fully saturated rings. The highest BCUT2D eigenvalue weighted by Gasteiger charge is 2.40. The van der Waals surface area contributed by atoms with Crippen molar-refractivity contribution < 1.29 is 9.59 Å². The average molecular weight is 553 g/mol. The molecule has 1 atom stereocenters. The highest BCUT2D eigenvalue weighted by molar-refractivity contribution is 9.10. The summed E-state index contributed by atoms with van der Waals surface area (Å²) in [6, 6.07) is 23.8. The molecule has 2 amide bonds. The van der Waals surface area contributed by atoms with Gasteiger partial charge < -0.3 is 5.32 Å². The maximum absolute atomic E-state index is 13.5. The van der Waals surface area contributed by atoms with Crippen LogP contribution in [0.15, 0.2) is 87.9 Å². The number of amides is 2. The maximum Gasteiger partial charge on any atom is 0.269 e. The number of carbonyl (C=O) groups is 2. The summed E-state index contributed by atoms with van der Waals surface area (Å²) in [7, 11) is 0. The van der Waals surface area contributed by atoms with Crippen molar-refractivity contribution >= 4 is 62.5 Å². The number of hydrogen-bond donors (Lipinski definition) is 1. The van der Waals surface area contributed by atoms with Crippen LogP contribution in [0.2, 0.25) is 5.02 Å². The molecule has 3 aromatic rings. The number of carbonyl (C=O) groups excluding carboxylic acids is 2. The van der Waals surface area contributed by atoms with Crippen LogP contribution in [0.1, 0.15) is 11.1 Å². The van der Waals surface area contributed by atoms with Gasteiger partial charge in [0.1, 0.15) is 16.7 Å². The summed E-state index contributed by atoms with van der Waals surface area (Å²) in [5, 5.41) is 13.1. The van der Waals surface area contributed by atoms with Crippen molar-refractivity contribution in [3.05, 3.63) is 104 Å². The summed E-state index contributed by atoms with van der Waals surface area (Å²) in [5.41, 5.74) is 3.10. The summed E-state index contributed by atoms with van der Waals surface area (Å²) < 4.78 is 0.860. The van der Waals surface area contributed by atoms with Gasteiger partial charge in [0, 0.05) is 20.9 Å². The minimum Gasteiger partial charge on any atom is -0.321 e. The minimum atomic E-state index is -0.585. The van der Waals surface area contributed by atoms with Crippen molar-refractivity contribution in [1.29, 1.82) is 5.26 Å². The third kappa shape index (κ3) is 5.36. The summed E-state index contributed by atoms with van der Waals surface area (Å²) in [4.78, 5) is 28.1. The third-order valence-corrected chi connectivity index (χ3v) is 7.24. The minimum absolute atomic E-state index is 0.122. The van der Waals surface area contributed by atoms with E-state index in [2.05, 4.69) is 21.2 Å². The molecule has 5 nitrogen and oxygen atoms in total. The number of halogens is 2. The average Bonchev–Trinajstić information content (AvgIpc) is 3.12. The second-order valence-electron chi connectivity index (χ2n) is 7.70. The number of rotatable bonds is 5. The predicted octanol–water partition coefficient (Wildman–Crippen LogP) is 6.48. The van der Waals surface area contributed by atoms with Gasteiger partial charge in [-0.1, -0.05) is 69.1 Å². The Bertz CT molecular complexity index is 1320. The van der Waals surface area contributed by atoms with Crippen molar-refractivity contribution in [2.45, 2.75) is 18.6 Å². The van der Waals surface area contributed by atoms with Crippen molar-refractivity contribution in [3.63, 3.8) is 0 Å². The Balaban J connectivity index is 1.72. The topological polar surface area (TPSA) is 73.2 Å². The second-order valence-corrected chi connectivity index (χ2v) is 10.2. The Labute approximate surface area is 215 Å². The van der Waals surface area contributed by atoms with E-state index in [4.69, 9.17) is 11.6 Å².